The van der Waals surface area contributed by atoms with Crippen molar-refractivity contribution >= 4 is 11.3 Å². The monoisotopic (exact) mass is 351 g/mol. The van der Waals surface area contributed by atoms with E-state index in [-0.39, 0.29) is 0 Å². The van der Waals surface area contributed by atoms with Crippen molar-refractivity contribution in [1.29, 1.82) is 0 Å². The van der Waals surface area contributed by atoms with Crippen LogP contribution in [0.5, 0.6) is 0 Å². The van der Waals surface area contributed by atoms with Crippen molar-refractivity contribution in [2.75, 3.05) is 5.73 Å². The summed E-state index contributed by atoms with van der Waals surface area (Å²) in [5.41, 5.74) is 14.8. The SMILES string of the molecule is CC1CC=CC=C1c1cc(Cc2ccccc2N)cc(-c2ccccc2)c1. The van der Waals surface area contributed by atoms with Gasteiger partial charge in [0.2, 0.25) is 0 Å². The number of para-hydroxylation sites is 1. The largest absolute Gasteiger partial charge is 0.398 e. The van der Waals surface area contributed by atoms with E-state index in [0.29, 0.717) is 5.92 Å². The molecule has 0 aliphatic heterocycles. The zero-order valence-corrected chi connectivity index (χ0v) is 15.7. The second-order valence-corrected chi connectivity index (χ2v) is 7.35. The molecule has 27 heavy (non-hydrogen) atoms. The average Bonchev–Trinajstić information content (AvgIpc) is 2.70. The summed E-state index contributed by atoms with van der Waals surface area (Å²) in [6.45, 7) is 2.30. The molecule has 1 nitrogen and oxygen atoms in total. The van der Waals surface area contributed by atoms with Gasteiger partial charge >= 0.3 is 0 Å². The van der Waals surface area contributed by atoms with Gasteiger partial charge in [-0.2, -0.15) is 0 Å². The first-order chi connectivity index (χ1) is 13.2. The van der Waals surface area contributed by atoms with E-state index in [4.69, 9.17) is 5.73 Å². The van der Waals surface area contributed by atoms with Crippen LogP contribution in [0.3, 0.4) is 0 Å². The molecule has 0 saturated heterocycles. The minimum atomic E-state index is 0.538. The molecule has 0 bridgehead atoms. The van der Waals surface area contributed by atoms with Crippen LogP contribution in [0.2, 0.25) is 0 Å². The average molecular weight is 351 g/mol. The molecule has 3 aromatic carbocycles. The smallest absolute Gasteiger partial charge is 0.0349 e. The molecule has 0 aromatic heterocycles. The van der Waals surface area contributed by atoms with E-state index >= 15 is 0 Å². The first kappa shape index (κ1) is 17.4. The normalized spacial score (nSPS) is 16.2. The third kappa shape index (κ3) is 3.88. The lowest BCUT2D eigenvalue weighted by Crippen LogP contribution is -2.02. The number of benzene rings is 3. The van der Waals surface area contributed by atoms with Crippen LogP contribution in [0.25, 0.3) is 16.7 Å². The second-order valence-electron chi connectivity index (χ2n) is 7.35. The highest BCUT2D eigenvalue weighted by molar-refractivity contribution is 5.76. The van der Waals surface area contributed by atoms with Crippen molar-refractivity contribution in [2.45, 2.75) is 19.8 Å². The fourth-order valence-corrected chi connectivity index (χ4v) is 3.80. The molecule has 1 heteroatoms. The molecule has 4 rings (SSSR count). The van der Waals surface area contributed by atoms with E-state index < -0.39 is 0 Å². The second kappa shape index (κ2) is 7.67. The Bertz CT molecular complexity index is 996. The fraction of sp³-hybridized carbons (Fsp3) is 0.154. The predicted octanol–water partition coefficient (Wildman–Crippen LogP) is 6.51. The zero-order chi connectivity index (χ0) is 18.6. The van der Waals surface area contributed by atoms with Gasteiger partial charge in [0.25, 0.3) is 0 Å². The maximum Gasteiger partial charge on any atom is 0.0349 e. The number of nitrogens with two attached hydrogens (primary N) is 1. The Kier molecular flexibility index (Phi) is 4.93. The molecule has 2 N–H and O–H groups in total. The maximum absolute atomic E-state index is 6.20. The molecule has 3 aromatic rings. The Morgan fingerprint density at radius 1 is 0.852 bits per heavy atom. The fourth-order valence-electron chi connectivity index (χ4n) is 3.80. The third-order valence-electron chi connectivity index (χ3n) is 5.32. The molecule has 0 amide bonds. The van der Waals surface area contributed by atoms with E-state index in [1.807, 2.05) is 12.1 Å². The number of nitrogen functional groups attached to an aromatic ring is 1. The summed E-state index contributed by atoms with van der Waals surface area (Å²) >= 11 is 0. The molecule has 1 aliphatic rings. The summed E-state index contributed by atoms with van der Waals surface area (Å²) in [5, 5.41) is 0. The molecule has 0 spiro atoms. The molecular formula is C26H25N. The van der Waals surface area contributed by atoms with Crippen LogP contribution in [0, 0.1) is 5.92 Å². The van der Waals surface area contributed by atoms with Gasteiger partial charge in [-0.15, -0.1) is 0 Å². The zero-order valence-electron chi connectivity index (χ0n) is 15.7. The van der Waals surface area contributed by atoms with Crippen molar-refractivity contribution in [3.63, 3.8) is 0 Å². The van der Waals surface area contributed by atoms with E-state index in [1.165, 1.54) is 33.4 Å². The number of anilines is 1. The van der Waals surface area contributed by atoms with Gasteiger partial charge in [0.1, 0.15) is 0 Å². The lowest BCUT2D eigenvalue weighted by Gasteiger charge is -2.20. The molecule has 0 fully saturated rings. The van der Waals surface area contributed by atoms with Gasteiger partial charge in [0, 0.05) is 5.69 Å². The molecular weight excluding hydrogens is 326 g/mol. The first-order valence-electron chi connectivity index (χ1n) is 9.60. The summed E-state index contributed by atoms with van der Waals surface area (Å²) < 4.78 is 0. The molecule has 1 atom stereocenters. The van der Waals surface area contributed by atoms with Crippen molar-refractivity contribution in [3.8, 4) is 11.1 Å². The number of rotatable bonds is 4. The highest BCUT2D eigenvalue weighted by atomic mass is 14.6. The highest BCUT2D eigenvalue weighted by Crippen LogP contribution is 2.33. The summed E-state index contributed by atoms with van der Waals surface area (Å²) in [5.74, 6) is 0.538. The third-order valence-corrected chi connectivity index (χ3v) is 5.32. The number of hydrogen-bond acceptors (Lipinski definition) is 1. The van der Waals surface area contributed by atoms with E-state index in [0.717, 1.165) is 18.5 Å². The Balaban J connectivity index is 1.81. The summed E-state index contributed by atoms with van der Waals surface area (Å²) in [6.07, 6.45) is 8.64. The van der Waals surface area contributed by atoms with Crippen LogP contribution in [-0.2, 0) is 6.42 Å². The van der Waals surface area contributed by atoms with Gasteiger partial charge < -0.3 is 5.73 Å². The topological polar surface area (TPSA) is 26.0 Å². The van der Waals surface area contributed by atoms with Crippen molar-refractivity contribution in [3.05, 3.63) is 108 Å². The quantitative estimate of drug-likeness (QED) is 0.533. The Morgan fingerprint density at radius 3 is 2.37 bits per heavy atom. The lowest BCUT2D eigenvalue weighted by molar-refractivity contribution is 0.758. The first-order valence-corrected chi connectivity index (χ1v) is 9.60. The Hall–Kier alpha value is -3.06. The number of allylic oxidation sites excluding steroid dienone is 4. The van der Waals surface area contributed by atoms with Crippen LogP contribution in [0.1, 0.15) is 30.0 Å². The molecule has 0 heterocycles. The minimum absolute atomic E-state index is 0.538. The molecule has 0 radical (unpaired) electrons. The molecule has 1 unspecified atom stereocenters. The predicted molar refractivity (Wildman–Crippen MR) is 116 cm³/mol. The van der Waals surface area contributed by atoms with Crippen molar-refractivity contribution in [2.24, 2.45) is 5.92 Å². The van der Waals surface area contributed by atoms with Crippen LogP contribution >= 0.6 is 0 Å². The summed E-state index contributed by atoms with van der Waals surface area (Å²) in [4.78, 5) is 0. The van der Waals surface area contributed by atoms with Crippen molar-refractivity contribution < 1.29 is 0 Å². The lowest BCUT2D eigenvalue weighted by atomic mass is 9.85. The molecule has 0 saturated carbocycles. The Morgan fingerprint density at radius 2 is 1.59 bits per heavy atom. The van der Waals surface area contributed by atoms with E-state index in [9.17, 15) is 0 Å². The summed E-state index contributed by atoms with van der Waals surface area (Å²) in [6, 6.07) is 25.7. The minimum Gasteiger partial charge on any atom is -0.398 e. The van der Waals surface area contributed by atoms with Crippen LogP contribution in [-0.4, -0.2) is 0 Å². The van der Waals surface area contributed by atoms with Crippen LogP contribution in [0.4, 0.5) is 5.69 Å². The number of hydrogen-bond donors (Lipinski definition) is 1. The van der Waals surface area contributed by atoms with Gasteiger partial charge in [-0.1, -0.05) is 85.8 Å². The van der Waals surface area contributed by atoms with Gasteiger partial charge in [0.15, 0.2) is 0 Å². The van der Waals surface area contributed by atoms with E-state index in [2.05, 4.69) is 85.8 Å². The highest BCUT2D eigenvalue weighted by Gasteiger charge is 2.14. The van der Waals surface area contributed by atoms with Crippen LogP contribution in [0.15, 0.2) is 91.0 Å². The summed E-state index contributed by atoms with van der Waals surface area (Å²) in [7, 11) is 0. The van der Waals surface area contributed by atoms with E-state index in [1.54, 1.807) is 0 Å². The molecule has 134 valence electrons. The van der Waals surface area contributed by atoms with Gasteiger partial charge in [0.05, 0.1) is 0 Å². The van der Waals surface area contributed by atoms with Gasteiger partial charge in [-0.05, 0) is 64.3 Å². The van der Waals surface area contributed by atoms with Crippen LogP contribution < -0.4 is 5.73 Å². The Labute approximate surface area is 161 Å². The maximum atomic E-state index is 6.20. The van der Waals surface area contributed by atoms with Gasteiger partial charge in [-0.25, -0.2) is 0 Å². The van der Waals surface area contributed by atoms with Gasteiger partial charge in [-0.3, -0.25) is 0 Å². The molecule has 1 aliphatic carbocycles. The standard InChI is InChI=1S/C26H25N/c1-19-9-5-7-13-25(19)24-17-20(15-22-12-6-8-14-26(22)27)16-23(18-24)21-10-3-2-4-11-21/h2-8,10-14,16-19H,9,15,27H2,1H3. The van der Waals surface area contributed by atoms with Crippen molar-refractivity contribution in [1.82, 2.24) is 0 Å².